The van der Waals surface area contributed by atoms with Gasteiger partial charge in [-0.15, -0.1) is 0 Å². The van der Waals surface area contributed by atoms with Gasteiger partial charge in [-0.25, -0.2) is 4.98 Å². The highest BCUT2D eigenvalue weighted by Crippen LogP contribution is 2.44. The topological polar surface area (TPSA) is 60.9 Å². The summed E-state index contributed by atoms with van der Waals surface area (Å²) in [6.45, 7) is 2.03. The molecule has 0 spiro atoms. The second-order valence-corrected chi connectivity index (χ2v) is 6.49. The third-order valence-electron chi connectivity index (χ3n) is 5.00. The largest absolute Gasteiger partial charge is 0.508 e. The summed E-state index contributed by atoms with van der Waals surface area (Å²) in [6.07, 6.45) is 3.89. The third-order valence-corrected chi connectivity index (χ3v) is 5.00. The first-order valence-electron chi connectivity index (χ1n) is 8.34. The number of phenolic OH excluding ortho intramolecular Hbond substituents is 1. The average molecular weight is 327 g/mol. The van der Waals surface area contributed by atoms with Crippen LogP contribution in [0.5, 0.6) is 5.75 Å². The molecule has 0 saturated heterocycles. The van der Waals surface area contributed by atoms with Crippen molar-refractivity contribution < 1.29 is 5.11 Å². The molecule has 1 aliphatic heterocycles. The summed E-state index contributed by atoms with van der Waals surface area (Å²) >= 11 is 0. The fourth-order valence-electron chi connectivity index (χ4n) is 3.84. The van der Waals surface area contributed by atoms with Crippen LogP contribution in [0.3, 0.4) is 0 Å². The van der Waals surface area contributed by atoms with Crippen molar-refractivity contribution >= 4 is 16.7 Å². The van der Waals surface area contributed by atoms with Gasteiger partial charge in [0.15, 0.2) is 0 Å². The molecule has 0 fully saturated rings. The number of para-hydroxylation sites is 1. The van der Waals surface area contributed by atoms with Crippen molar-refractivity contribution in [1.82, 2.24) is 9.97 Å². The zero-order chi connectivity index (χ0) is 17.0. The van der Waals surface area contributed by atoms with Crippen LogP contribution >= 0.6 is 0 Å². The molecule has 122 valence electrons. The number of aromatic hydroxyl groups is 1. The minimum absolute atomic E-state index is 0.0130. The van der Waals surface area contributed by atoms with Crippen LogP contribution in [-0.4, -0.2) is 15.1 Å². The highest BCUT2D eigenvalue weighted by Gasteiger charge is 2.26. The van der Waals surface area contributed by atoms with Gasteiger partial charge in [0.25, 0.3) is 0 Å². The lowest BCUT2D eigenvalue weighted by molar-refractivity contribution is 0.474. The number of aromatic nitrogens is 2. The summed E-state index contributed by atoms with van der Waals surface area (Å²) in [5.41, 5.74) is 7.72. The molecule has 4 aromatic rings. The van der Waals surface area contributed by atoms with Gasteiger partial charge >= 0.3 is 0 Å². The smallest absolute Gasteiger partial charge is 0.138 e. The minimum atomic E-state index is -0.0130. The number of anilines is 1. The van der Waals surface area contributed by atoms with Crippen LogP contribution in [-0.2, 0) is 0 Å². The second-order valence-electron chi connectivity index (χ2n) is 6.49. The Kier molecular flexibility index (Phi) is 2.88. The predicted molar refractivity (Wildman–Crippen MR) is 99.8 cm³/mol. The molecular weight excluding hydrogens is 310 g/mol. The van der Waals surface area contributed by atoms with Crippen LogP contribution < -0.4 is 5.32 Å². The Morgan fingerprint density at radius 3 is 2.76 bits per heavy atom. The molecule has 0 saturated carbocycles. The molecule has 1 atom stereocenters. The number of phenols is 1. The molecule has 4 nitrogen and oxygen atoms in total. The molecule has 25 heavy (non-hydrogen) atoms. The van der Waals surface area contributed by atoms with Crippen molar-refractivity contribution in [2.45, 2.75) is 13.0 Å². The Morgan fingerprint density at radius 1 is 1.00 bits per heavy atom. The van der Waals surface area contributed by atoms with E-state index in [9.17, 15) is 5.11 Å². The molecule has 4 heteroatoms. The van der Waals surface area contributed by atoms with Gasteiger partial charge in [-0.1, -0.05) is 24.3 Å². The van der Waals surface area contributed by atoms with Gasteiger partial charge in [0.2, 0.25) is 0 Å². The first-order chi connectivity index (χ1) is 12.2. The predicted octanol–water partition coefficient (Wildman–Crippen LogP) is 4.76. The molecule has 2 aromatic heterocycles. The summed E-state index contributed by atoms with van der Waals surface area (Å²) in [5, 5.41) is 14.6. The number of hydrogen-bond acceptors (Lipinski definition) is 3. The quantitative estimate of drug-likeness (QED) is 0.472. The van der Waals surface area contributed by atoms with Crippen molar-refractivity contribution in [2.24, 2.45) is 0 Å². The maximum absolute atomic E-state index is 9.78. The van der Waals surface area contributed by atoms with Gasteiger partial charge in [0.1, 0.15) is 11.4 Å². The lowest BCUT2D eigenvalue weighted by Gasteiger charge is -2.21. The fraction of sp³-hybridized carbons (Fsp3) is 0.0952. The average Bonchev–Trinajstić information content (AvgIpc) is 2.98. The van der Waals surface area contributed by atoms with E-state index in [0.717, 1.165) is 27.8 Å². The molecule has 3 N–H and O–H groups in total. The molecule has 3 heterocycles. The van der Waals surface area contributed by atoms with Gasteiger partial charge in [-0.2, -0.15) is 0 Å². The molecule has 0 bridgehead atoms. The van der Waals surface area contributed by atoms with Gasteiger partial charge in [-0.3, -0.25) is 0 Å². The van der Waals surface area contributed by atoms with Gasteiger partial charge in [0, 0.05) is 34.6 Å². The molecular formula is C21H17N3O. The number of H-pyrrole nitrogens is 1. The van der Waals surface area contributed by atoms with Crippen LogP contribution in [0.4, 0.5) is 5.69 Å². The molecule has 1 unspecified atom stereocenters. The molecule has 2 aromatic carbocycles. The number of rotatable bonds is 1. The van der Waals surface area contributed by atoms with Crippen molar-refractivity contribution in [1.29, 1.82) is 0 Å². The van der Waals surface area contributed by atoms with E-state index in [1.165, 1.54) is 16.7 Å². The van der Waals surface area contributed by atoms with Crippen molar-refractivity contribution in [3.8, 4) is 16.9 Å². The maximum Gasteiger partial charge on any atom is 0.138 e. The number of aryl methyl sites for hydroxylation is 1. The Bertz CT molecular complexity index is 1110. The summed E-state index contributed by atoms with van der Waals surface area (Å²) < 4.78 is 0. The number of benzene rings is 2. The van der Waals surface area contributed by atoms with Crippen LogP contribution in [0.25, 0.3) is 22.2 Å². The number of nitrogens with zero attached hydrogens (tertiary/aromatic N) is 1. The highest BCUT2D eigenvalue weighted by atomic mass is 16.3. The molecule has 5 rings (SSSR count). The van der Waals surface area contributed by atoms with E-state index in [4.69, 9.17) is 0 Å². The summed E-state index contributed by atoms with van der Waals surface area (Å²) in [5.74, 6) is 0.288. The summed E-state index contributed by atoms with van der Waals surface area (Å²) in [7, 11) is 0. The number of pyridine rings is 1. The van der Waals surface area contributed by atoms with Crippen LogP contribution in [0.1, 0.15) is 22.7 Å². The van der Waals surface area contributed by atoms with Gasteiger partial charge in [0.05, 0.1) is 6.04 Å². The lowest BCUT2D eigenvalue weighted by atomic mass is 9.94. The van der Waals surface area contributed by atoms with Crippen LogP contribution in [0, 0.1) is 6.92 Å². The first kappa shape index (κ1) is 14.1. The molecule has 0 radical (unpaired) electrons. The zero-order valence-electron chi connectivity index (χ0n) is 13.7. The van der Waals surface area contributed by atoms with E-state index in [-0.39, 0.29) is 11.8 Å². The normalized spacial score (nSPS) is 15.5. The van der Waals surface area contributed by atoms with Crippen molar-refractivity contribution in [2.75, 3.05) is 5.32 Å². The molecule has 0 amide bonds. The number of aromatic amines is 1. The second kappa shape index (κ2) is 5.11. The Balaban J connectivity index is 1.85. The van der Waals surface area contributed by atoms with Gasteiger partial charge in [-0.05, 0) is 47.9 Å². The third kappa shape index (κ3) is 2.04. The van der Waals surface area contributed by atoms with E-state index in [0.29, 0.717) is 0 Å². The monoisotopic (exact) mass is 327 g/mol. The van der Waals surface area contributed by atoms with E-state index in [1.54, 1.807) is 6.07 Å². The Labute approximate surface area is 145 Å². The zero-order valence-corrected chi connectivity index (χ0v) is 13.7. The number of hydrogen-bond donors (Lipinski definition) is 3. The Morgan fingerprint density at radius 2 is 1.88 bits per heavy atom. The summed E-state index contributed by atoms with van der Waals surface area (Å²) in [6, 6.07) is 16.0. The van der Waals surface area contributed by atoms with Gasteiger partial charge < -0.3 is 15.4 Å². The number of nitrogens with one attached hydrogen (secondary N) is 2. The van der Waals surface area contributed by atoms with E-state index in [2.05, 4.69) is 39.6 Å². The lowest BCUT2D eigenvalue weighted by Crippen LogP contribution is -2.12. The highest BCUT2D eigenvalue weighted by molar-refractivity contribution is 6.01. The maximum atomic E-state index is 9.78. The summed E-state index contributed by atoms with van der Waals surface area (Å²) in [4.78, 5) is 7.81. The fourth-order valence-corrected chi connectivity index (χ4v) is 3.84. The minimum Gasteiger partial charge on any atom is -0.508 e. The standard InChI is InChI=1S/C21H17N3O/c1-12-10-13(25)6-7-14(12)20-17-11-23-21-19(17)16(8-9-22-21)15-4-2-3-5-18(15)24-20/h2-11,20,24-25H,1H3,(H,22,23). The number of fused-ring (bicyclic) bond motifs is 2. The SMILES string of the molecule is Cc1cc(O)ccc1C1Nc2ccccc2-c2ccnc3[nH]cc1c23. The van der Waals surface area contributed by atoms with Crippen LogP contribution in [0.15, 0.2) is 60.9 Å². The van der Waals surface area contributed by atoms with Crippen molar-refractivity contribution in [3.05, 3.63) is 77.6 Å². The van der Waals surface area contributed by atoms with E-state index >= 15 is 0 Å². The molecule has 1 aliphatic rings. The first-order valence-corrected chi connectivity index (χ1v) is 8.34. The van der Waals surface area contributed by atoms with E-state index in [1.807, 2.05) is 37.5 Å². The van der Waals surface area contributed by atoms with Crippen molar-refractivity contribution in [3.63, 3.8) is 0 Å². The molecule has 0 aliphatic carbocycles. The van der Waals surface area contributed by atoms with Crippen LogP contribution in [0.2, 0.25) is 0 Å². The Hall–Kier alpha value is -3.27. The van der Waals surface area contributed by atoms with E-state index < -0.39 is 0 Å².